The molecule has 1 N–H and O–H groups in total. The van der Waals surface area contributed by atoms with Crippen LogP contribution >= 0.6 is 0 Å². The number of hydrogen-bond donors (Lipinski definition) is 1. The highest BCUT2D eigenvalue weighted by Gasteiger charge is 2.25. The minimum Gasteiger partial charge on any atom is -0.508 e. The van der Waals surface area contributed by atoms with Crippen LogP contribution in [0.25, 0.3) is 0 Å². The predicted molar refractivity (Wildman–Crippen MR) is 103 cm³/mol. The van der Waals surface area contributed by atoms with Crippen molar-refractivity contribution < 1.29 is 14.6 Å². The van der Waals surface area contributed by atoms with E-state index in [4.69, 9.17) is 4.74 Å². The third-order valence-corrected chi connectivity index (χ3v) is 5.23. The SMILES string of the molecule is C[C@H]1CN(c2ccc(C(=O)N3CCc4ccc(O)cc4C3)cn2)C[C@H](C)O1. The maximum absolute atomic E-state index is 12.9. The normalized spacial score (nSPS) is 22.4. The summed E-state index contributed by atoms with van der Waals surface area (Å²) in [4.78, 5) is 21.4. The molecule has 4 rings (SSSR count). The van der Waals surface area contributed by atoms with Crippen LogP contribution in [0, 0.1) is 0 Å². The van der Waals surface area contributed by atoms with Crippen molar-refractivity contribution in [3.05, 3.63) is 53.2 Å². The van der Waals surface area contributed by atoms with Crippen molar-refractivity contribution in [2.75, 3.05) is 24.5 Å². The Balaban J connectivity index is 1.47. The first-order valence-electron chi connectivity index (χ1n) is 9.46. The molecule has 0 bridgehead atoms. The number of aromatic nitrogens is 1. The zero-order valence-corrected chi connectivity index (χ0v) is 15.8. The highest BCUT2D eigenvalue weighted by atomic mass is 16.5. The lowest BCUT2D eigenvalue weighted by molar-refractivity contribution is -0.00546. The lowest BCUT2D eigenvalue weighted by Gasteiger charge is -2.36. The van der Waals surface area contributed by atoms with Gasteiger partial charge in [0.05, 0.1) is 17.8 Å². The minimum absolute atomic E-state index is 0.0215. The summed E-state index contributed by atoms with van der Waals surface area (Å²) in [7, 11) is 0. The molecule has 2 aliphatic rings. The standard InChI is InChI=1S/C21H25N3O3/c1-14-11-24(12-15(2)27-14)20-6-4-17(10-22-20)21(26)23-8-7-16-3-5-19(25)9-18(16)13-23/h3-6,9-10,14-15,25H,7-8,11-13H2,1-2H3/t14-,15-/m0/s1. The lowest BCUT2D eigenvalue weighted by atomic mass is 9.99. The second-order valence-corrected chi connectivity index (χ2v) is 7.50. The Kier molecular flexibility index (Phi) is 4.74. The third kappa shape index (κ3) is 3.76. The van der Waals surface area contributed by atoms with Gasteiger partial charge >= 0.3 is 0 Å². The molecule has 1 aromatic heterocycles. The Hall–Kier alpha value is -2.60. The molecule has 0 spiro atoms. The number of anilines is 1. The molecule has 142 valence electrons. The molecule has 6 nitrogen and oxygen atoms in total. The number of hydrogen-bond acceptors (Lipinski definition) is 5. The molecule has 3 heterocycles. The maximum atomic E-state index is 12.9. The van der Waals surface area contributed by atoms with Crippen molar-refractivity contribution in [1.29, 1.82) is 0 Å². The van der Waals surface area contributed by atoms with Crippen molar-refractivity contribution >= 4 is 11.7 Å². The first-order chi connectivity index (χ1) is 13.0. The van der Waals surface area contributed by atoms with Crippen LogP contribution in [0.2, 0.25) is 0 Å². The summed E-state index contributed by atoms with van der Waals surface area (Å²) in [5.74, 6) is 1.09. The van der Waals surface area contributed by atoms with Crippen molar-refractivity contribution in [2.24, 2.45) is 0 Å². The average Bonchev–Trinajstić information content (AvgIpc) is 2.66. The number of phenols is 1. The summed E-state index contributed by atoms with van der Waals surface area (Å²) < 4.78 is 5.77. The molecule has 1 aromatic carbocycles. The summed E-state index contributed by atoms with van der Waals surface area (Å²) >= 11 is 0. The summed E-state index contributed by atoms with van der Waals surface area (Å²) in [5, 5.41) is 9.69. The van der Waals surface area contributed by atoms with Crippen molar-refractivity contribution in [3.8, 4) is 5.75 Å². The molecule has 0 aliphatic carbocycles. The van der Waals surface area contributed by atoms with Crippen LogP contribution in [0.15, 0.2) is 36.5 Å². The average molecular weight is 367 g/mol. The number of pyridine rings is 1. The van der Waals surface area contributed by atoms with E-state index in [1.807, 2.05) is 23.1 Å². The molecule has 6 heteroatoms. The van der Waals surface area contributed by atoms with E-state index >= 15 is 0 Å². The molecular formula is C21H25N3O3. The smallest absolute Gasteiger partial charge is 0.255 e. The minimum atomic E-state index is -0.0215. The number of nitrogens with zero attached hydrogens (tertiary/aromatic N) is 3. The van der Waals surface area contributed by atoms with E-state index in [0.29, 0.717) is 18.7 Å². The van der Waals surface area contributed by atoms with Crippen molar-refractivity contribution in [1.82, 2.24) is 9.88 Å². The Morgan fingerprint density at radius 3 is 2.63 bits per heavy atom. The third-order valence-electron chi connectivity index (χ3n) is 5.23. The van der Waals surface area contributed by atoms with E-state index in [9.17, 15) is 9.90 Å². The summed E-state index contributed by atoms with van der Waals surface area (Å²) in [6.07, 6.45) is 2.81. The Bertz CT molecular complexity index is 827. The van der Waals surface area contributed by atoms with Gasteiger partial charge in [-0.15, -0.1) is 0 Å². The summed E-state index contributed by atoms with van der Waals surface area (Å²) in [6.45, 7) is 6.92. The molecule has 1 saturated heterocycles. The molecule has 1 amide bonds. The quantitative estimate of drug-likeness (QED) is 0.884. The molecule has 2 atom stereocenters. The summed E-state index contributed by atoms with van der Waals surface area (Å²) in [5.41, 5.74) is 2.80. The van der Waals surface area contributed by atoms with E-state index in [0.717, 1.165) is 30.9 Å². The molecular weight excluding hydrogens is 342 g/mol. The number of morpholine rings is 1. The van der Waals surface area contributed by atoms with Crippen LogP contribution in [0.4, 0.5) is 5.82 Å². The number of phenolic OH excluding ortho intramolecular Hbond substituents is 1. The lowest BCUT2D eigenvalue weighted by Crippen LogP contribution is -2.45. The van der Waals surface area contributed by atoms with Gasteiger partial charge in [0, 0.05) is 32.4 Å². The number of fused-ring (bicyclic) bond motifs is 1. The van der Waals surface area contributed by atoms with Crippen LogP contribution in [0.1, 0.15) is 35.3 Å². The highest BCUT2D eigenvalue weighted by molar-refractivity contribution is 5.94. The molecule has 27 heavy (non-hydrogen) atoms. The molecule has 0 radical (unpaired) electrons. The number of rotatable bonds is 2. The fourth-order valence-corrected chi connectivity index (χ4v) is 3.96. The van der Waals surface area contributed by atoms with E-state index in [1.165, 1.54) is 5.56 Å². The van der Waals surface area contributed by atoms with Crippen molar-refractivity contribution in [2.45, 2.75) is 39.0 Å². The van der Waals surface area contributed by atoms with Gasteiger partial charge in [-0.1, -0.05) is 6.07 Å². The van der Waals surface area contributed by atoms with Crippen LogP contribution in [0.3, 0.4) is 0 Å². The van der Waals surface area contributed by atoms with Gasteiger partial charge in [0.1, 0.15) is 11.6 Å². The molecule has 2 aliphatic heterocycles. The first kappa shape index (κ1) is 17.8. The topological polar surface area (TPSA) is 65.9 Å². The van der Waals surface area contributed by atoms with E-state index in [-0.39, 0.29) is 23.9 Å². The van der Waals surface area contributed by atoms with E-state index in [1.54, 1.807) is 18.3 Å². The maximum Gasteiger partial charge on any atom is 0.255 e. The van der Waals surface area contributed by atoms with Gasteiger partial charge in [-0.3, -0.25) is 4.79 Å². The van der Waals surface area contributed by atoms with Gasteiger partial charge in [0.25, 0.3) is 5.91 Å². The number of benzene rings is 1. The van der Waals surface area contributed by atoms with Crippen LogP contribution in [-0.4, -0.2) is 52.7 Å². The fourth-order valence-electron chi connectivity index (χ4n) is 3.96. The van der Waals surface area contributed by atoms with E-state index in [2.05, 4.69) is 23.7 Å². The van der Waals surface area contributed by atoms with Gasteiger partial charge in [0.2, 0.25) is 0 Å². The van der Waals surface area contributed by atoms with E-state index < -0.39 is 0 Å². The van der Waals surface area contributed by atoms with Gasteiger partial charge in [0.15, 0.2) is 0 Å². The second kappa shape index (κ2) is 7.19. The molecule has 0 saturated carbocycles. The molecule has 1 fully saturated rings. The second-order valence-electron chi connectivity index (χ2n) is 7.50. The number of amides is 1. The predicted octanol–water partition coefficient (Wildman–Crippen LogP) is 2.60. The number of carbonyl (C=O) groups excluding carboxylic acids is 1. The fraction of sp³-hybridized carbons (Fsp3) is 0.429. The van der Waals surface area contributed by atoms with Gasteiger partial charge < -0.3 is 19.6 Å². The number of ether oxygens (including phenoxy) is 1. The summed E-state index contributed by atoms with van der Waals surface area (Å²) in [6, 6.07) is 9.16. The first-order valence-corrected chi connectivity index (χ1v) is 9.46. The van der Waals surface area contributed by atoms with Crippen LogP contribution in [0.5, 0.6) is 5.75 Å². The molecule has 0 unspecified atom stereocenters. The number of aromatic hydroxyl groups is 1. The van der Waals surface area contributed by atoms with Crippen LogP contribution < -0.4 is 4.90 Å². The Morgan fingerprint density at radius 1 is 1.15 bits per heavy atom. The highest BCUT2D eigenvalue weighted by Crippen LogP contribution is 2.25. The van der Waals surface area contributed by atoms with Gasteiger partial charge in [-0.2, -0.15) is 0 Å². The zero-order valence-electron chi connectivity index (χ0n) is 15.8. The number of carbonyl (C=O) groups is 1. The Morgan fingerprint density at radius 2 is 1.93 bits per heavy atom. The monoisotopic (exact) mass is 367 g/mol. The van der Waals surface area contributed by atoms with Crippen molar-refractivity contribution in [3.63, 3.8) is 0 Å². The van der Waals surface area contributed by atoms with Crippen LogP contribution in [-0.2, 0) is 17.7 Å². The van der Waals surface area contributed by atoms with Gasteiger partial charge in [-0.25, -0.2) is 4.98 Å². The largest absolute Gasteiger partial charge is 0.508 e. The zero-order chi connectivity index (χ0) is 19.0. The van der Waals surface area contributed by atoms with Gasteiger partial charge in [-0.05, 0) is 55.7 Å². The molecule has 2 aromatic rings. The Labute approximate surface area is 159 Å².